The van der Waals surface area contributed by atoms with Crippen LogP contribution in [0.5, 0.6) is 0 Å². The van der Waals surface area contributed by atoms with Gasteiger partial charge in [-0.15, -0.1) is 0 Å². The predicted molar refractivity (Wildman–Crippen MR) is 61.7 cm³/mol. The van der Waals surface area contributed by atoms with E-state index in [0.29, 0.717) is 0 Å². The number of hydrogen-bond acceptors (Lipinski definition) is 8. The summed E-state index contributed by atoms with van der Waals surface area (Å²) in [6.45, 7) is 0.590. The Labute approximate surface area is 111 Å². The second-order valence-corrected chi connectivity index (χ2v) is 4.20. The first-order chi connectivity index (χ1) is 9.43. The van der Waals surface area contributed by atoms with Crippen LogP contribution in [-0.4, -0.2) is 55.9 Å². The molecule has 1 aliphatic heterocycles. The monoisotopic (exact) mass is 287 g/mol. The van der Waals surface area contributed by atoms with Crippen LogP contribution in [0.15, 0.2) is 15.8 Å². The number of ether oxygens (including phenoxy) is 2. The molecule has 0 amide bonds. The van der Waals surface area contributed by atoms with Crippen molar-refractivity contribution in [3.8, 4) is 0 Å². The fourth-order valence-electron chi connectivity index (χ4n) is 1.93. The average Bonchev–Trinajstić information content (AvgIpc) is 2.66. The number of hydrogen-bond donors (Lipinski definition) is 3. The Kier molecular flexibility index (Phi) is 3.97. The third-order valence-corrected chi connectivity index (χ3v) is 2.77. The molecule has 1 aromatic rings. The molecule has 2 heterocycles. The zero-order chi connectivity index (χ0) is 14.9. The second kappa shape index (κ2) is 5.53. The summed E-state index contributed by atoms with van der Waals surface area (Å²) in [5.74, 6) is -0.696. The van der Waals surface area contributed by atoms with Crippen LogP contribution in [-0.2, 0) is 14.3 Å². The van der Waals surface area contributed by atoms with Crippen LogP contribution >= 0.6 is 0 Å². The van der Waals surface area contributed by atoms with Crippen LogP contribution in [0.4, 0.5) is 0 Å². The molecule has 0 spiro atoms. The number of nitrogens with one attached hydrogen (secondary N) is 1. The third-order valence-electron chi connectivity index (χ3n) is 2.77. The van der Waals surface area contributed by atoms with E-state index in [-0.39, 0.29) is 0 Å². The average molecular weight is 287 g/mol. The van der Waals surface area contributed by atoms with Gasteiger partial charge in [-0.1, -0.05) is 0 Å². The molecule has 20 heavy (non-hydrogen) atoms. The first kappa shape index (κ1) is 14.4. The molecule has 4 atom stereocenters. The van der Waals surface area contributed by atoms with E-state index in [0.717, 1.165) is 17.8 Å². The number of aromatic amines is 1. The Morgan fingerprint density at radius 2 is 2.30 bits per heavy atom. The molecule has 2 rings (SSSR count). The first-order valence-corrected chi connectivity index (χ1v) is 5.73. The molecule has 1 aliphatic rings. The minimum atomic E-state index is -1.32. The van der Waals surface area contributed by atoms with E-state index in [9.17, 15) is 19.5 Å². The summed E-state index contributed by atoms with van der Waals surface area (Å²) in [6, 6.07) is 0. The lowest BCUT2D eigenvalue weighted by Crippen LogP contribution is -2.41. The maximum absolute atomic E-state index is 11.6. The van der Waals surface area contributed by atoms with Gasteiger partial charge in [-0.25, -0.2) is 4.79 Å². The molecule has 1 aromatic heterocycles. The molecule has 10 heteroatoms. The van der Waals surface area contributed by atoms with E-state index in [2.05, 4.69) is 5.10 Å². The zero-order valence-electron chi connectivity index (χ0n) is 10.4. The summed E-state index contributed by atoms with van der Waals surface area (Å²) >= 11 is 0. The van der Waals surface area contributed by atoms with Gasteiger partial charge in [0.25, 0.3) is 5.56 Å². The number of aromatic nitrogens is 3. The molecule has 1 saturated heterocycles. The van der Waals surface area contributed by atoms with E-state index in [1.807, 2.05) is 4.98 Å². The van der Waals surface area contributed by atoms with E-state index in [4.69, 9.17) is 14.6 Å². The molecule has 0 saturated carbocycles. The summed E-state index contributed by atoms with van der Waals surface area (Å²) in [7, 11) is 0. The van der Waals surface area contributed by atoms with E-state index >= 15 is 0 Å². The van der Waals surface area contributed by atoms with E-state index < -0.39 is 48.4 Å². The van der Waals surface area contributed by atoms with Crippen LogP contribution in [0.3, 0.4) is 0 Å². The number of carbonyl (C=O) groups is 1. The molecular formula is C10H13N3O7. The van der Waals surface area contributed by atoms with Crippen LogP contribution in [0.25, 0.3) is 0 Å². The van der Waals surface area contributed by atoms with Gasteiger partial charge in [-0.3, -0.25) is 14.6 Å². The highest BCUT2D eigenvalue weighted by Crippen LogP contribution is 2.30. The summed E-state index contributed by atoms with van der Waals surface area (Å²) < 4.78 is 10.9. The number of aliphatic hydroxyl groups excluding tert-OH is 2. The van der Waals surface area contributed by atoms with Gasteiger partial charge in [0.2, 0.25) is 0 Å². The van der Waals surface area contributed by atoms with Crippen molar-refractivity contribution in [3.05, 3.63) is 27.0 Å². The quantitative estimate of drug-likeness (QED) is 0.503. The van der Waals surface area contributed by atoms with Crippen molar-refractivity contribution >= 4 is 5.97 Å². The molecule has 0 radical (unpaired) electrons. The molecule has 0 aromatic carbocycles. The zero-order valence-corrected chi connectivity index (χ0v) is 10.4. The lowest BCUT2D eigenvalue weighted by atomic mass is 10.1. The summed E-state index contributed by atoms with van der Waals surface area (Å²) in [5.41, 5.74) is -1.59. The second-order valence-electron chi connectivity index (χ2n) is 4.20. The van der Waals surface area contributed by atoms with Crippen molar-refractivity contribution in [2.24, 2.45) is 0 Å². The maximum Gasteiger partial charge on any atom is 0.347 e. The van der Waals surface area contributed by atoms with Gasteiger partial charge in [0.1, 0.15) is 18.4 Å². The SMILES string of the molecule is CC(=O)O[C@@H]1[C@H](O)[C@@H](CO)O[C@H]1n1ncc(=O)[nH]c1=O. The first-order valence-electron chi connectivity index (χ1n) is 5.73. The van der Waals surface area contributed by atoms with Crippen LogP contribution in [0.1, 0.15) is 13.2 Å². The highest BCUT2D eigenvalue weighted by atomic mass is 16.6. The number of aliphatic hydroxyl groups is 2. The Balaban J connectivity index is 2.39. The molecular weight excluding hydrogens is 274 g/mol. The number of H-pyrrole nitrogens is 1. The lowest BCUT2D eigenvalue weighted by Gasteiger charge is -2.20. The number of nitrogens with zero attached hydrogens (tertiary/aromatic N) is 2. The Morgan fingerprint density at radius 3 is 2.85 bits per heavy atom. The van der Waals surface area contributed by atoms with Gasteiger partial charge in [0, 0.05) is 6.92 Å². The van der Waals surface area contributed by atoms with Crippen molar-refractivity contribution in [2.45, 2.75) is 31.5 Å². The molecule has 110 valence electrons. The summed E-state index contributed by atoms with van der Waals surface area (Å²) in [4.78, 5) is 35.6. The smallest absolute Gasteiger partial charge is 0.347 e. The van der Waals surface area contributed by atoms with Crippen LogP contribution < -0.4 is 11.2 Å². The Morgan fingerprint density at radius 1 is 1.60 bits per heavy atom. The van der Waals surface area contributed by atoms with Gasteiger partial charge >= 0.3 is 11.7 Å². The fraction of sp³-hybridized carbons (Fsp3) is 0.600. The minimum absolute atomic E-state index is 0.534. The molecule has 0 bridgehead atoms. The van der Waals surface area contributed by atoms with Gasteiger partial charge in [-0.2, -0.15) is 9.78 Å². The maximum atomic E-state index is 11.6. The molecule has 10 nitrogen and oxygen atoms in total. The molecule has 3 N–H and O–H groups in total. The van der Waals surface area contributed by atoms with Gasteiger partial charge in [-0.05, 0) is 0 Å². The fourth-order valence-corrected chi connectivity index (χ4v) is 1.93. The van der Waals surface area contributed by atoms with Crippen molar-refractivity contribution in [1.82, 2.24) is 14.8 Å². The highest BCUT2D eigenvalue weighted by Gasteiger charge is 2.47. The normalized spacial score (nSPS) is 29.4. The number of carbonyl (C=O) groups excluding carboxylic acids is 1. The van der Waals surface area contributed by atoms with Crippen molar-refractivity contribution in [3.63, 3.8) is 0 Å². The number of esters is 1. The standard InChI is InChI=1S/C10H13N3O7/c1-4(15)19-8-7(17)5(3-14)20-9(8)13-10(18)12-6(16)2-11-13/h2,5,7-9,14,17H,3H2,1H3,(H,12,16,18)/t5-,7-,8-,9-/m1/s1. The minimum Gasteiger partial charge on any atom is -0.455 e. The Bertz CT molecular complexity index is 609. The largest absolute Gasteiger partial charge is 0.455 e. The summed E-state index contributed by atoms with van der Waals surface area (Å²) in [6.07, 6.45) is -3.98. The van der Waals surface area contributed by atoms with Crippen molar-refractivity contribution < 1.29 is 24.5 Å². The van der Waals surface area contributed by atoms with E-state index in [1.54, 1.807) is 0 Å². The predicted octanol–water partition coefficient (Wildman–Crippen LogP) is -2.89. The molecule has 0 unspecified atom stereocenters. The lowest BCUT2D eigenvalue weighted by molar-refractivity contribution is -0.156. The topological polar surface area (TPSA) is 144 Å². The van der Waals surface area contributed by atoms with E-state index in [1.165, 1.54) is 0 Å². The van der Waals surface area contributed by atoms with Gasteiger partial charge < -0.3 is 19.7 Å². The van der Waals surface area contributed by atoms with Crippen molar-refractivity contribution in [2.75, 3.05) is 6.61 Å². The van der Waals surface area contributed by atoms with Crippen molar-refractivity contribution in [1.29, 1.82) is 0 Å². The van der Waals surface area contributed by atoms with Crippen LogP contribution in [0, 0.1) is 0 Å². The molecule has 1 fully saturated rings. The Hall–Kier alpha value is -2.04. The third kappa shape index (κ3) is 2.61. The summed E-state index contributed by atoms with van der Waals surface area (Å²) in [5, 5.41) is 22.5. The van der Waals surface area contributed by atoms with Crippen LogP contribution in [0.2, 0.25) is 0 Å². The number of rotatable bonds is 3. The highest BCUT2D eigenvalue weighted by molar-refractivity contribution is 5.66. The van der Waals surface area contributed by atoms with Gasteiger partial charge in [0.05, 0.1) is 6.61 Å². The van der Waals surface area contributed by atoms with Gasteiger partial charge in [0.15, 0.2) is 12.3 Å². The molecule has 0 aliphatic carbocycles.